The normalized spacial score (nSPS) is 13.4. The van der Waals surface area contributed by atoms with Gasteiger partial charge in [-0.25, -0.2) is 0 Å². The van der Waals surface area contributed by atoms with Crippen molar-refractivity contribution >= 4 is 29.7 Å². The summed E-state index contributed by atoms with van der Waals surface area (Å²) in [5.41, 5.74) is 6.62. The second kappa shape index (κ2) is 11.4. The first-order valence-electron chi connectivity index (χ1n) is 8.71. The summed E-state index contributed by atoms with van der Waals surface area (Å²) < 4.78 is 0. The van der Waals surface area contributed by atoms with E-state index in [9.17, 15) is 24.0 Å². The summed E-state index contributed by atoms with van der Waals surface area (Å²) in [5, 5.41) is 24.1. The summed E-state index contributed by atoms with van der Waals surface area (Å²) in [7, 11) is 0. The van der Waals surface area contributed by atoms with E-state index in [0.29, 0.717) is 0 Å². The summed E-state index contributed by atoms with van der Waals surface area (Å²) in [6.07, 6.45) is -0.540. The van der Waals surface area contributed by atoms with Gasteiger partial charge in [0, 0.05) is 0 Å². The van der Waals surface area contributed by atoms with Gasteiger partial charge in [-0.1, -0.05) is 30.3 Å². The molecule has 0 aliphatic heterocycles. The molecule has 0 saturated heterocycles. The van der Waals surface area contributed by atoms with E-state index in [-0.39, 0.29) is 6.42 Å². The molecule has 0 saturated carbocycles. The maximum absolute atomic E-state index is 12.3. The van der Waals surface area contributed by atoms with Gasteiger partial charge in [0.15, 0.2) is 0 Å². The molecule has 0 aliphatic carbocycles. The summed E-state index contributed by atoms with van der Waals surface area (Å²) in [5.74, 6) is -5.02. The number of carbonyl (C=O) groups excluding carboxylic acids is 3. The van der Waals surface area contributed by atoms with Crippen molar-refractivity contribution < 1.29 is 34.2 Å². The van der Waals surface area contributed by atoms with Gasteiger partial charge in [0.2, 0.25) is 17.7 Å². The van der Waals surface area contributed by atoms with Crippen LogP contribution in [0.2, 0.25) is 0 Å². The Morgan fingerprint density at radius 3 is 2.10 bits per heavy atom. The molecule has 3 atom stereocenters. The molecular formula is C18H24N4O7. The molecule has 0 aliphatic rings. The standard InChI is InChI=1S/C18H24N4O7/c1-10(16(27)20-9-15(25)26)21-18(29)13(8-14(23)24)22-17(28)12(19)7-11-5-3-2-4-6-11/h2-6,10,12-13H,7-9,19H2,1H3,(H,20,27)(H,21,29)(H,22,28)(H,23,24)(H,25,26). The average molecular weight is 408 g/mol. The minimum atomic E-state index is -1.46. The Bertz CT molecular complexity index is 754. The van der Waals surface area contributed by atoms with Crippen LogP contribution in [-0.4, -0.2) is 64.5 Å². The smallest absolute Gasteiger partial charge is 0.322 e. The van der Waals surface area contributed by atoms with Crippen molar-refractivity contribution in [1.29, 1.82) is 0 Å². The molecule has 0 heterocycles. The number of aliphatic carboxylic acids is 2. The number of hydrogen-bond donors (Lipinski definition) is 6. The first-order valence-corrected chi connectivity index (χ1v) is 8.71. The lowest BCUT2D eigenvalue weighted by molar-refractivity contribution is -0.141. The maximum atomic E-state index is 12.3. The topological polar surface area (TPSA) is 188 Å². The zero-order chi connectivity index (χ0) is 22.0. The molecule has 0 spiro atoms. The van der Waals surface area contributed by atoms with Crippen molar-refractivity contribution in [3.05, 3.63) is 35.9 Å². The van der Waals surface area contributed by atoms with Crippen LogP contribution < -0.4 is 21.7 Å². The van der Waals surface area contributed by atoms with Gasteiger partial charge in [-0.15, -0.1) is 0 Å². The van der Waals surface area contributed by atoms with Crippen LogP contribution in [0, 0.1) is 0 Å². The third-order valence-electron chi connectivity index (χ3n) is 3.81. The zero-order valence-corrected chi connectivity index (χ0v) is 15.8. The molecule has 7 N–H and O–H groups in total. The number of nitrogens with one attached hydrogen (secondary N) is 3. The van der Waals surface area contributed by atoms with Gasteiger partial charge in [-0.05, 0) is 18.9 Å². The Labute approximate surface area is 166 Å². The van der Waals surface area contributed by atoms with Crippen LogP contribution in [0.3, 0.4) is 0 Å². The number of carboxylic acids is 2. The van der Waals surface area contributed by atoms with E-state index in [4.69, 9.17) is 15.9 Å². The number of carboxylic acid groups (broad SMARTS) is 2. The van der Waals surface area contributed by atoms with Crippen LogP contribution in [0.5, 0.6) is 0 Å². The minimum absolute atomic E-state index is 0.183. The van der Waals surface area contributed by atoms with Gasteiger partial charge in [0.05, 0.1) is 12.5 Å². The van der Waals surface area contributed by atoms with Crippen molar-refractivity contribution in [1.82, 2.24) is 16.0 Å². The summed E-state index contributed by atoms with van der Waals surface area (Å²) in [6, 6.07) is 5.27. The summed E-state index contributed by atoms with van der Waals surface area (Å²) in [6.45, 7) is 0.651. The Morgan fingerprint density at radius 2 is 1.55 bits per heavy atom. The van der Waals surface area contributed by atoms with E-state index >= 15 is 0 Å². The fourth-order valence-electron chi connectivity index (χ4n) is 2.32. The number of nitrogens with two attached hydrogens (primary N) is 1. The van der Waals surface area contributed by atoms with Crippen LogP contribution in [0.25, 0.3) is 0 Å². The SMILES string of the molecule is CC(NC(=O)C(CC(=O)O)NC(=O)C(N)Cc1ccccc1)C(=O)NCC(=O)O. The predicted molar refractivity (Wildman–Crippen MR) is 101 cm³/mol. The third kappa shape index (κ3) is 8.84. The lowest BCUT2D eigenvalue weighted by Crippen LogP contribution is -2.56. The van der Waals surface area contributed by atoms with E-state index < -0.39 is 60.8 Å². The third-order valence-corrected chi connectivity index (χ3v) is 3.81. The highest BCUT2D eigenvalue weighted by Crippen LogP contribution is 2.03. The van der Waals surface area contributed by atoms with E-state index in [1.807, 2.05) is 0 Å². The first kappa shape index (κ1) is 23.6. The molecule has 0 bridgehead atoms. The van der Waals surface area contributed by atoms with Crippen molar-refractivity contribution in [3.8, 4) is 0 Å². The van der Waals surface area contributed by atoms with Crippen molar-refractivity contribution in [2.75, 3.05) is 6.54 Å². The zero-order valence-electron chi connectivity index (χ0n) is 15.8. The summed E-state index contributed by atoms with van der Waals surface area (Å²) in [4.78, 5) is 57.9. The van der Waals surface area contributed by atoms with Crippen molar-refractivity contribution in [2.45, 2.75) is 37.9 Å². The highest BCUT2D eigenvalue weighted by atomic mass is 16.4. The number of amides is 3. The molecule has 11 heteroatoms. The molecule has 0 fully saturated rings. The second-order valence-corrected chi connectivity index (χ2v) is 6.30. The highest BCUT2D eigenvalue weighted by molar-refractivity contribution is 5.95. The van der Waals surface area contributed by atoms with Crippen LogP contribution >= 0.6 is 0 Å². The monoisotopic (exact) mass is 408 g/mol. The molecule has 0 radical (unpaired) electrons. The molecule has 0 aromatic heterocycles. The molecule has 158 valence electrons. The fraction of sp³-hybridized carbons (Fsp3) is 0.389. The molecule has 3 unspecified atom stereocenters. The number of carbonyl (C=O) groups is 5. The fourth-order valence-corrected chi connectivity index (χ4v) is 2.32. The average Bonchev–Trinajstić information content (AvgIpc) is 2.65. The predicted octanol–water partition coefficient (Wildman–Crippen LogP) is -1.78. The molecule has 1 aromatic carbocycles. The molecule has 1 aromatic rings. The van der Waals surface area contributed by atoms with Crippen LogP contribution in [0.4, 0.5) is 0 Å². The maximum Gasteiger partial charge on any atom is 0.322 e. The molecular weight excluding hydrogens is 384 g/mol. The Hall–Kier alpha value is -3.47. The van der Waals surface area contributed by atoms with Gasteiger partial charge >= 0.3 is 11.9 Å². The molecule has 29 heavy (non-hydrogen) atoms. The molecule has 3 amide bonds. The first-order chi connectivity index (χ1) is 13.6. The van der Waals surface area contributed by atoms with E-state index in [1.165, 1.54) is 6.92 Å². The van der Waals surface area contributed by atoms with Crippen LogP contribution in [0.15, 0.2) is 30.3 Å². The number of benzene rings is 1. The van der Waals surface area contributed by atoms with Crippen LogP contribution in [0.1, 0.15) is 18.9 Å². The minimum Gasteiger partial charge on any atom is -0.481 e. The Kier molecular flexibility index (Phi) is 9.26. The lowest BCUT2D eigenvalue weighted by Gasteiger charge is -2.21. The lowest BCUT2D eigenvalue weighted by atomic mass is 10.1. The van der Waals surface area contributed by atoms with Crippen LogP contribution in [-0.2, 0) is 30.4 Å². The molecule has 11 nitrogen and oxygen atoms in total. The Morgan fingerprint density at radius 1 is 0.931 bits per heavy atom. The Balaban J connectivity index is 2.70. The van der Waals surface area contributed by atoms with Crippen molar-refractivity contribution in [2.24, 2.45) is 5.73 Å². The van der Waals surface area contributed by atoms with E-state index in [0.717, 1.165) is 5.56 Å². The van der Waals surface area contributed by atoms with Gasteiger partial charge in [0.1, 0.15) is 18.6 Å². The second-order valence-electron chi connectivity index (χ2n) is 6.30. The van der Waals surface area contributed by atoms with Gasteiger partial charge < -0.3 is 31.9 Å². The van der Waals surface area contributed by atoms with Gasteiger partial charge in [-0.3, -0.25) is 24.0 Å². The molecule has 1 rings (SSSR count). The highest BCUT2D eigenvalue weighted by Gasteiger charge is 2.28. The summed E-state index contributed by atoms with van der Waals surface area (Å²) >= 11 is 0. The van der Waals surface area contributed by atoms with Gasteiger partial charge in [0.25, 0.3) is 0 Å². The number of rotatable bonds is 11. The van der Waals surface area contributed by atoms with E-state index in [2.05, 4.69) is 16.0 Å². The number of hydrogen-bond acceptors (Lipinski definition) is 6. The van der Waals surface area contributed by atoms with E-state index in [1.54, 1.807) is 30.3 Å². The largest absolute Gasteiger partial charge is 0.481 e. The van der Waals surface area contributed by atoms with Crippen molar-refractivity contribution in [3.63, 3.8) is 0 Å². The quantitative estimate of drug-likeness (QED) is 0.248. The van der Waals surface area contributed by atoms with Gasteiger partial charge in [-0.2, -0.15) is 0 Å².